The summed E-state index contributed by atoms with van der Waals surface area (Å²) in [5.41, 5.74) is 0.245. The number of fused-ring (bicyclic) bond motifs is 1. The van der Waals surface area contributed by atoms with E-state index in [1.807, 2.05) is 0 Å². The predicted octanol–water partition coefficient (Wildman–Crippen LogP) is 2.38. The van der Waals surface area contributed by atoms with Crippen molar-refractivity contribution in [3.05, 3.63) is 47.8 Å². The number of aromatic nitrogens is 3. The fraction of sp³-hybridized carbons (Fsp3) is 0.200. The second kappa shape index (κ2) is 8.13. The Morgan fingerprint density at radius 3 is 2.68 bits per heavy atom. The molecule has 0 saturated carbocycles. The molecule has 10 heteroatoms. The molecule has 1 unspecified atom stereocenters. The number of methoxy groups -OCH3 is 1. The minimum absolute atomic E-state index is 0. The van der Waals surface area contributed by atoms with E-state index in [2.05, 4.69) is 15.0 Å². The summed E-state index contributed by atoms with van der Waals surface area (Å²) in [7, 11) is 1.51. The number of hydrogen-bond donors (Lipinski definition) is 1. The van der Waals surface area contributed by atoms with Crippen molar-refractivity contribution in [1.82, 2.24) is 15.0 Å². The first-order chi connectivity index (χ1) is 11.4. The number of nitrogens with one attached hydrogen (secondary N) is 1. The van der Waals surface area contributed by atoms with Gasteiger partial charge in [-0.15, -0.1) is 0 Å². The van der Waals surface area contributed by atoms with Crippen LogP contribution in [0.25, 0.3) is 11.0 Å². The number of pyridine rings is 1. The Hall–Kier alpha value is -1.00. The zero-order valence-corrected chi connectivity index (χ0v) is 13.2. The molecule has 0 saturated heterocycles. The molecule has 0 amide bonds. The molecule has 0 aliphatic carbocycles. The molecule has 1 aromatic carbocycles. The molecule has 2 heterocycles. The van der Waals surface area contributed by atoms with Gasteiger partial charge in [0, 0.05) is 23.4 Å². The Morgan fingerprint density at radius 2 is 2.00 bits per heavy atom. The number of alkyl halides is 3. The van der Waals surface area contributed by atoms with Crippen LogP contribution in [0.4, 0.5) is 13.2 Å². The van der Waals surface area contributed by atoms with Gasteiger partial charge in [-0.1, -0.05) is 0 Å². The van der Waals surface area contributed by atoms with Crippen LogP contribution >= 0.6 is 0 Å². The van der Waals surface area contributed by atoms with Crippen LogP contribution in [-0.2, 0) is 23.1 Å². The number of imidazole rings is 1. The molecule has 1 atom stereocenters. The number of ether oxygens (including phenoxy) is 1. The molecule has 0 aliphatic rings. The van der Waals surface area contributed by atoms with Crippen molar-refractivity contribution in [1.29, 1.82) is 0 Å². The van der Waals surface area contributed by atoms with E-state index in [4.69, 9.17) is 4.74 Å². The molecule has 0 bridgehead atoms. The average molecular weight is 397 g/mol. The quantitative estimate of drug-likeness (QED) is 0.542. The van der Waals surface area contributed by atoms with Crippen molar-refractivity contribution in [2.24, 2.45) is 0 Å². The van der Waals surface area contributed by atoms with E-state index in [9.17, 15) is 17.7 Å². The summed E-state index contributed by atoms with van der Waals surface area (Å²) in [5, 5.41) is 0.106. The maximum absolute atomic E-state index is 12.7. The van der Waals surface area contributed by atoms with Gasteiger partial charge >= 0.3 is 49.1 Å². The first-order valence-electron chi connectivity index (χ1n) is 6.81. The summed E-state index contributed by atoms with van der Waals surface area (Å²) >= 11 is -1.57. The number of hydrogen-bond acceptors (Lipinski definition) is 4. The van der Waals surface area contributed by atoms with Crippen molar-refractivity contribution in [2.45, 2.75) is 17.1 Å². The first kappa shape index (κ1) is 20.3. The Kier molecular flexibility index (Phi) is 6.61. The van der Waals surface area contributed by atoms with Crippen LogP contribution in [0.15, 0.2) is 41.7 Å². The van der Waals surface area contributed by atoms with Gasteiger partial charge in [-0.3, -0.25) is 9.97 Å². The van der Waals surface area contributed by atoms with Crippen LogP contribution in [0.5, 0.6) is 5.75 Å². The van der Waals surface area contributed by atoms with Crippen LogP contribution in [-0.4, -0.2) is 64.4 Å². The van der Waals surface area contributed by atoms with E-state index in [1.54, 1.807) is 12.1 Å². The molecule has 0 aliphatic heterocycles. The molecule has 25 heavy (non-hydrogen) atoms. The molecule has 2 aromatic heterocycles. The number of rotatable bonds is 4. The summed E-state index contributed by atoms with van der Waals surface area (Å²) in [6.07, 6.45) is -2.92. The van der Waals surface area contributed by atoms with Crippen molar-refractivity contribution in [2.75, 3.05) is 7.11 Å². The number of benzene rings is 1. The van der Waals surface area contributed by atoms with E-state index in [1.165, 1.54) is 19.4 Å². The monoisotopic (exact) mass is 397 g/mol. The Morgan fingerprint density at radius 1 is 1.24 bits per heavy atom. The summed E-state index contributed by atoms with van der Waals surface area (Å²) in [6, 6.07) is 6.46. The van der Waals surface area contributed by atoms with Gasteiger partial charge in [0.25, 0.3) is 0 Å². The van der Waals surface area contributed by atoms with Gasteiger partial charge in [-0.25, -0.2) is 0 Å². The maximum atomic E-state index is 12.7. The van der Waals surface area contributed by atoms with Gasteiger partial charge < -0.3 is 9.29 Å². The molecule has 0 radical (unpaired) electrons. The minimum atomic E-state index is -4.45. The standard InChI is InChI=1S/C15H12F3N3O2S.Ca.2H/c1-23-11-4-5-19-10(7-11)8-24(22)14-20-12-3-2-9(15(16,17)18)6-13(12)21-14;;;/h2-7H,8H2,1H3,(H,20,21);;;. The van der Waals surface area contributed by atoms with Gasteiger partial charge in [0.15, 0.2) is 5.75 Å². The summed E-state index contributed by atoms with van der Waals surface area (Å²) in [5.74, 6) is 0.653. The fourth-order valence-corrected chi connectivity index (χ4v) is 3.12. The number of nitrogens with zero attached hydrogens (tertiary/aromatic N) is 2. The summed E-state index contributed by atoms with van der Waals surface area (Å²) in [4.78, 5) is 10.9. The van der Waals surface area contributed by atoms with Crippen LogP contribution in [0.1, 0.15) is 11.3 Å². The van der Waals surface area contributed by atoms with Gasteiger partial charge in [0.1, 0.15) is 5.75 Å². The first-order valence-corrected chi connectivity index (χ1v) is 8.13. The zero-order chi connectivity index (χ0) is 17.3. The van der Waals surface area contributed by atoms with Gasteiger partial charge in [-0.05, 0) is 24.3 Å². The number of H-pyrrole nitrogens is 1. The zero-order valence-electron chi connectivity index (χ0n) is 12.4. The molecule has 130 valence electrons. The second-order valence-electron chi connectivity index (χ2n) is 4.95. The molecule has 3 rings (SSSR count). The van der Waals surface area contributed by atoms with Crippen molar-refractivity contribution in [3.8, 4) is 5.75 Å². The number of aromatic amines is 1. The third kappa shape index (κ3) is 4.79. The second-order valence-corrected chi connectivity index (χ2v) is 6.31. The predicted molar refractivity (Wildman–Crippen MR) is 90.5 cm³/mol. The van der Waals surface area contributed by atoms with Crippen LogP contribution in [0, 0.1) is 0 Å². The average Bonchev–Trinajstić information content (AvgIpc) is 2.97. The Balaban J connectivity index is 0.00000225. The van der Waals surface area contributed by atoms with Gasteiger partial charge in [0.05, 0.1) is 29.4 Å². The van der Waals surface area contributed by atoms with Crippen LogP contribution in [0.3, 0.4) is 0 Å². The summed E-state index contributed by atoms with van der Waals surface area (Å²) < 4.78 is 55.6. The SMILES string of the molecule is COc1ccnc(C[S+]([O-])c2nc3cc(C(F)(F)F)ccc3[nH]2)c1.[CaH2]. The molecule has 3 aromatic rings. The number of halogens is 3. The van der Waals surface area contributed by atoms with E-state index < -0.39 is 22.9 Å². The van der Waals surface area contributed by atoms with Crippen LogP contribution < -0.4 is 4.74 Å². The van der Waals surface area contributed by atoms with E-state index in [0.717, 1.165) is 12.1 Å². The Labute approximate surface area is 174 Å². The molecular weight excluding hydrogens is 383 g/mol. The third-order valence-electron chi connectivity index (χ3n) is 3.31. The van der Waals surface area contributed by atoms with E-state index in [0.29, 0.717) is 17.0 Å². The molecule has 0 fully saturated rings. The molecular formula is C15H14CaF3N3O2S. The molecule has 0 spiro atoms. The van der Waals surface area contributed by atoms with Crippen LogP contribution in [0.2, 0.25) is 0 Å². The normalized spacial score (nSPS) is 12.7. The fourth-order valence-electron chi connectivity index (χ4n) is 2.13. The molecule has 5 nitrogen and oxygen atoms in total. The van der Waals surface area contributed by atoms with Crippen molar-refractivity contribution >= 4 is 59.9 Å². The topological polar surface area (TPSA) is 73.9 Å². The van der Waals surface area contributed by atoms with Gasteiger partial charge in [-0.2, -0.15) is 18.2 Å². The Bertz CT molecular complexity index is 873. The third-order valence-corrected chi connectivity index (χ3v) is 4.49. The van der Waals surface area contributed by atoms with Gasteiger partial charge in [0.2, 0.25) is 0 Å². The van der Waals surface area contributed by atoms with Crippen molar-refractivity contribution in [3.63, 3.8) is 0 Å². The van der Waals surface area contributed by atoms with Crippen molar-refractivity contribution < 1.29 is 22.5 Å². The molecule has 1 N–H and O–H groups in total. The van der Waals surface area contributed by atoms with E-state index >= 15 is 0 Å². The van der Waals surface area contributed by atoms with E-state index in [-0.39, 0.29) is 54.2 Å². The summed E-state index contributed by atoms with van der Waals surface area (Å²) in [6.45, 7) is 0.